The average molecular weight is 270 g/mol. The number of halogens is 1. The lowest BCUT2D eigenvalue weighted by Crippen LogP contribution is -2.39. The molecule has 100 valence electrons. The van der Waals surface area contributed by atoms with E-state index in [2.05, 4.69) is 0 Å². The van der Waals surface area contributed by atoms with Crippen molar-refractivity contribution in [2.45, 2.75) is 34.3 Å². The smallest absolute Gasteiger partial charge is 0.232 e. The van der Waals surface area contributed by atoms with Gasteiger partial charge in [0, 0.05) is 12.0 Å². The normalized spacial score (nSPS) is 11.4. The van der Waals surface area contributed by atoms with Gasteiger partial charge in [-0.25, -0.2) is 0 Å². The van der Waals surface area contributed by atoms with Crippen LogP contribution in [0.1, 0.15) is 33.3 Å². The van der Waals surface area contributed by atoms with Crippen molar-refractivity contribution in [3.8, 4) is 0 Å². The van der Waals surface area contributed by atoms with Gasteiger partial charge in [-0.05, 0) is 24.6 Å². The molecule has 0 heterocycles. The molecule has 1 aromatic rings. The topological polar surface area (TPSA) is 40.5 Å². The van der Waals surface area contributed by atoms with Gasteiger partial charge in [0.15, 0.2) is 0 Å². The third kappa shape index (κ3) is 3.24. The van der Waals surface area contributed by atoms with Crippen LogP contribution in [0.15, 0.2) is 18.2 Å². The van der Waals surface area contributed by atoms with Crippen LogP contribution in [0, 0.1) is 5.41 Å². The molecule has 4 heteroatoms. The summed E-state index contributed by atoms with van der Waals surface area (Å²) >= 11 is 6.17. The fourth-order valence-corrected chi connectivity index (χ4v) is 2.00. The number of anilines is 1. The summed E-state index contributed by atoms with van der Waals surface area (Å²) in [6, 6.07) is 5.25. The zero-order valence-corrected chi connectivity index (χ0v) is 12.1. The Balaban J connectivity index is 3.14. The van der Waals surface area contributed by atoms with Gasteiger partial charge in [0.2, 0.25) is 5.91 Å². The number of carbonyl (C=O) groups excluding carboxylic acids is 1. The number of aliphatic hydroxyl groups is 1. The lowest BCUT2D eigenvalue weighted by Gasteiger charge is -2.29. The summed E-state index contributed by atoms with van der Waals surface area (Å²) < 4.78 is 0. The molecule has 0 aliphatic heterocycles. The Morgan fingerprint density at radius 1 is 1.39 bits per heavy atom. The number of amides is 1. The Labute approximate surface area is 113 Å². The van der Waals surface area contributed by atoms with Gasteiger partial charge in [0.1, 0.15) is 0 Å². The van der Waals surface area contributed by atoms with Crippen molar-refractivity contribution in [2.24, 2.45) is 5.41 Å². The van der Waals surface area contributed by atoms with Gasteiger partial charge in [-0.2, -0.15) is 0 Å². The minimum atomic E-state index is -0.449. The zero-order valence-electron chi connectivity index (χ0n) is 11.3. The predicted molar refractivity (Wildman–Crippen MR) is 74.9 cm³/mol. The van der Waals surface area contributed by atoms with E-state index in [4.69, 9.17) is 16.7 Å². The van der Waals surface area contributed by atoms with E-state index in [0.717, 1.165) is 5.56 Å². The first-order valence-corrected chi connectivity index (χ1v) is 6.40. The first kappa shape index (κ1) is 15.0. The maximum atomic E-state index is 12.3. The zero-order chi connectivity index (χ0) is 13.9. The third-order valence-electron chi connectivity index (χ3n) is 2.69. The molecule has 0 saturated carbocycles. The highest BCUT2D eigenvalue weighted by atomic mass is 35.5. The van der Waals surface area contributed by atoms with Crippen molar-refractivity contribution in [1.29, 1.82) is 0 Å². The standard InChI is InChI=1S/C14H20ClNO2/c1-5-16(13(18)14(2,3)4)12-7-6-10(9-17)8-11(12)15/h6-8,17H,5,9H2,1-4H3. The van der Waals surface area contributed by atoms with E-state index in [1.165, 1.54) is 0 Å². The van der Waals surface area contributed by atoms with Crippen molar-refractivity contribution in [2.75, 3.05) is 11.4 Å². The minimum absolute atomic E-state index is 0.0312. The highest BCUT2D eigenvalue weighted by molar-refractivity contribution is 6.34. The Bertz CT molecular complexity index is 438. The molecule has 0 bridgehead atoms. The third-order valence-corrected chi connectivity index (χ3v) is 2.99. The molecule has 0 atom stereocenters. The van der Waals surface area contributed by atoms with Gasteiger partial charge in [0.25, 0.3) is 0 Å². The Morgan fingerprint density at radius 2 is 2.00 bits per heavy atom. The molecule has 0 aliphatic carbocycles. The number of rotatable bonds is 3. The number of aliphatic hydroxyl groups excluding tert-OH is 1. The fraction of sp³-hybridized carbons (Fsp3) is 0.500. The summed E-state index contributed by atoms with van der Waals surface area (Å²) in [5.74, 6) is 0.0312. The number of hydrogen-bond donors (Lipinski definition) is 1. The fourth-order valence-electron chi connectivity index (χ4n) is 1.70. The summed E-state index contributed by atoms with van der Waals surface area (Å²) in [7, 11) is 0. The second kappa shape index (κ2) is 5.72. The van der Waals surface area contributed by atoms with Gasteiger partial charge in [0.05, 0.1) is 17.3 Å². The molecule has 1 rings (SSSR count). The average Bonchev–Trinajstić information content (AvgIpc) is 2.30. The van der Waals surface area contributed by atoms with E-state index in [-0.39, 0.29) is 12.5 Å². The number of hydrogen-bond acceptors (Lipinski definition) is 2. The Kier molecular flexibility index (Phi) is 4.77. The van der Waals surface area contributed by atoms with E-state index >= 15 is 0 Å². The number of benzene rings is 1. The summed E-state index contributed by atoms with van der Waals surface area (Å²) in [5, 5.41) is 9.54. The molecule has 0 aliphatic rings. The van der Waals surface area contributed by atoms with Crippen LogP contribution in [0.5, 0.6) is 0 Å². The molecule has 0 saturated heterocycles. The molecule has 0 spiro atoms. The van der Waals surface area contributed by atoms with Crippen molar-refractivity contribution in [3.63, 3.8) is 0 Å². The highest BCUT2D eigenvalue weighted by Gasteiger charge is 2.28. The lowest BCUT2D eigenvalue weighted by molar-refractivity contribution is -0.125. The van der Waals surface area contributed by atoms with Crippen LogP contribution in [0.3, 0.4) is 0 Å². The molecule has 3 nitrogen and oxygen atoms in total. The van der Waals surface area contributed by atoms with Crippen LogP contribution >= 0.6 is 11.6 Å². The first-order valence-electron chi connectivity index (χ1n) is 6.02. The quantitative estimate of drug-likeness (QED) is 0.915. The maximum Gasteiger partial charge on any atom is 0.232 e. The molecule has 0 aromatic heterocycles. The van der Waals surface area contributed by atoms with Crippen LogP contribution in [0.25, 0.3) is 0 Å². The van der Waals surface area contributed by atoms with E-state index in [1.54, 1.807) is 23.1 Å². The predicted octanol–water partition coefficient (Wildman–Crippen LogP) is 3.23. The molecule has 1 amide bonds. The Morgan fingerprint density at radius 3 is 2.39 bits per heavy atom. The van der Waals surface area contributed by atoms with Crippen LogP contribution in [-0.4, -0.2) is 17.6 Å². The largest absolute Gasteiger partial charge is 0.392 e. The molecule has 0 radical (unpaired) electrons. The summed E-state index contributed by atoms with van der Waals surface area (Å²) in [4.78, 5) is 14.0. The van der Waals surface area contributed by atoms with Crippen LogP contribution in [0.2, 0.25) is 5.02 Å². The maximum absolute atomic E-state index is 12.3. The summed E-state index contributed by atoms with van der Waals surface area (Å²) in [5.41, 5.74) is 0.980. The van der Waals surface area contributed by atoms with Gasteiger partial charge < -0.3 is 10.0 Å². The van der Waals surface area contributed by atoms with Gasteiger partial charge in [-0.3, -0.25) is 4.79 Å². The monoisotopic (exact) mass is 269 g/mol. The van der Waals surface area contributed by atoms with E-state index < -0.39 is 5.41 Å². The molecular formula is C14H20ClNO2. The van der Waals surface area contributed by atoms with E-state index in [9.17, 15) is 4.79 Å². The Hall–Kier alpha value is -1.06. The van der Waals surface area contributed by atoms with Crippen LogP contribution < -0.4 is 4.90 Å². The SMILES string of the molecule is CCN(C(=O)C(C)(C)C)c1ccc(CO)cc1Cl. The second-order valence-electron chi connectivity index (χ2n) is 5.24. The van der Waals surface area contributed by atoms with Gasteiger partial charge in [-0.15, -0.1) is 0 Å². The first-order chi connectivity index (χ1) is 8.31. The van der Waals surface area contributed by atoms with Crippen molar-refractivity contribution >= 4 is 23.2 Å². The van der Waals surface area contributed by atoms with Gasteiger partial charge in [-0.1, -0.05) is 38.4 Å². The van der Waals surface area contributed by atoms with E-state index in [0.29, 0.717) is 17.3 Å². The molecule has 0 unspecified atom stereocenters. The summed E-state index contributed by atoms with van der Waals surface area (Å²) in [6.45, 7) is 8.07. The molecule has 18 heavy (non-hydrogen) atoms. The van der Waals surface area contributed by atoms with Gasteiger partial charge >= 0.3 is 0 Å². The molecule has 0 fully saturated rings. The number of nitrogens with zero attached hydrogens (tertiary/aromatic N) is 1. The van der Waals surface area contributed by atoms with Crippen LogP contribution in [0.4, 0.5) is 5.69 Å². The summed E-state index contributed by atoms with van der Waals surface area (Å²) in [6.07, 6.45) is 0. The van der Waals surface area contributed by atoms with Crippen molar-refractivity contribution in [1.82, 2.24) is 0 Å². The van der Waals surface area contributed by atoms with E-state index in [1.807, 2.05) is 27.7 Å². The lowest BCUT2D eigenvalue weighted by atomic mass is 9.94. The molecular weight excluding hydrogens is 250 g/mol. The van der Waals surface area contributed by atoms with Crippen molar-refractivity contribution in [3.05, 3.63) is 28.8 Å². The van der Waals surface area contributed by atoms with Crippen molar-refractivity contribution < 1.29 is 9.90 Å². The van der Waals surface area contributed by atoms with Crippen LogP contribution in [-0.2, 0) is 11.4 Å². The number of carbonyl (C=O) groups is 1. The molecule has 1 aromatic carbocycles. The molecule has 1 N–H and O–H groups in total. The minimum Gasteiger partial charge on any atom is -0.392 e. The second-order valence-corrected chi connectivity index (χ2v) is 5.65. The highest BCUT2D eigenvalue weighted by Crippen LogP contribution is 2.30.